The molecule has 0 heterocycles. The lowest BCUT2D eigenvalue weighted by molar-refractivity contribution is -0.140. The van der Waals surface area contributed by atoms with Crippen molar-refractivity contribution in [3.63, 3.8) is 0 Å². The molecule has 0 spiro atoms. The number of benzene rings is 3. The number of halogens is 1. The van der Waals surface area contributed by atoms with Gasteiger partial charge in [0.15, 0.2) is 0 Å². The molecule has 0 unspecified atom stereocenters. The zero-order valence-corrected chi connectivity index (χ0v) is 25.0. The van der Waals surface area contributed by atoms with Crippen LogP contribution in [0.4, 0.5) is 5.69 Å². The van der Waals surface area contributed by atoms with E-state index in [1.807, 2.05) is 20.8 Å². The molecule has 3 aromatic carbocycles. The number of nitrogens with one attached hydrogen (secondary N) is 1. The summed E-state index contributed by atoms with van der Waals surface area (Å²) in [5, 5.41) is 3.45. The zero-order valence-electron chi connectivity index (χ0n) is 23.4. The summed E-state index contributed by atoms with van der Waals surface area (Å²) in [5.41, 5.74) is 0.430. The Kier molecular flexibility index (Phi) is 10.2. The third kappa shape index (κ3) is 7.99. The Balaban J connectivity index is 2.07. The van der Waals surface area contributed by atoms with Crippen molar-refractivity contribution >= 4 is 39.1 Å². The molecule has 0 bridgehead atoms. The second kappa shape index (κ2) is 13.2. The fourth-order valence-electron chi connectivity index (χ4n) is 4.02. The first-order valence-electron chi connectivity index (χ1n) is 13.0. The minimum Gasteiger partial charge on any atom is -0.492 e. The van der Waals surface area contributed by atoms with E-state index in [4.69, 9.17) is 16.3 Å². The Morgan fingerprint density at radius 3 is 2.15 bits per heavy atom. The molecule has 3 aromatic rings. The molecule has 40 heavy (non-hydrogen) atoms. The number of amides is 2. The van der Waals surface area contributed by atoms with Crippen molar-refractivity contribution in [3.05, 3.63) is 89.4 Å². The molecule has 0 radical (unpaired) electrons. The molecule has 1 N–H and O–H groups in total. The van der Waals surface area contributed by atoms with Crippen LogP contribution in [0.2, 0.25) is 5.02 Å². The number of hydrogen-bond donors (Lipinski definition) is 1. The maximum absolute atomic E-state index is 14.0. The Morgan fingerprint density at radius 1 is 0.950 bits per heavy atom. The molecular formula is C30H36ClN3O5S. The van der Waals surface area contributed by atoms with Crippen molar-refractivity contribution in [2.45, 2.75) is 57.6 Å². The first-order chi connectivity index (χ1) is 18.8. The molecule has 0 saturated carbocycles. The van der Waals surface area contributed by atoms with Crippen LogP contribution in [0, 0.1) is 0 Å². The topological polar surface area (TPSA) is 96.0 Å². The van der Waals surface area contributed by atoms with E-state index in [1.165, 1.54) is 17.0 Å². The molecule has 0 aliphatic rings. The molecule has 214 valence electrons. The van der Waals surface area contributed by atoms with Crippen molar-refractivity contribution in [1.82, 2.24) is 10.2 Å². The maximum atomic E-state index is 14.0. The van der Waals surface area contributed by atoms with E-state index in [-0.39, 0.29) is 23.0 Å². The zero-order chi connectivity index (χ0) is 29.5. The van der Waals surface area contributed by atoms with E-state index >= 15 is 0 Å². The first kappa shape index (κ1) is 31.0. The summed E-state index contributed by atoms with van der Waals surface area (Å²) in [4.78, 5) is 28.6. The number of hydrogen-bond acceptors (Lipinski definition) is 5. The van der Waals surface area contributed by atoms with Gasteiger partial charge in [0.05, 0.1) is 17.2 Å². The number of ether oxygens (including phenoxy) is 1. The number of anilines is 1. The maximum Gasteiger partial charge on any atom is 0.264 e. The van der Waals surface area contributed by atoms with Crippen LogP contribution in [0.25, 0.3) is 0 Å². The van der Waals surface area contributed by atoms with Gasteiger partial charge in [-0.15, -0.1) is 0 Å². The monoisotopic (exact) mass is 585 g/mol. The van der Waals surface area contributed by atoms with Gasteiger partial charge in [-0.05, 0) is 76.6 Å². The number of para-hydroxylation sites is 2. The molecule has 0 aliphatic carbocycles. The van der Waals surface area contributed by atoms with Crippen LogP contribution in [0.15, 0.2) is 83.8 Å². The molecule has 3 rings (SSSR count). The molecule has 0 saturated heterocycles. The highest BCUT2D eigenvalue weighted by molar-refractivity contribution is 7.92. The van der Waals surface area contributed by atoms with Crippen LogP contribution in [0.5, 0.6) is 5.75 Å². The van der Waals surface area contributed by atoms with Gasteiger partial charge in [-0.1, -0.05) is 54.1 Å². The first-order valence-corrected chi connectivity index (χ1v) is 14.8. The second-order valence-electron chi connectivity index (χ2n) is 10.3. The van der Waals surface area contributed by atoms with Gasteiger partial charge in [0, 0.05) is 17.1 Å². The number of rotatable bonds is 11. The normalized spacial score (nSPS) is 12.3. The minimum atomic E-state index is -4.19. The van der Waals surface area contributed by atoms with E-state index in [1.54, 1.807) is 80.6 Å². The van der Waals surface area contributed by atoms with Crippen LogP contribution >= 0.6 is 11.6 Å². The lowest BCUT2D eigenvalue weighted by Crippen LogP contribution is -2.54. The minimum absolute atomic E-state index is 0.0249. The van der Waals surface area contributed by atoms with Gasteiger partial charge in [-0.2, -0.15) is 0 Å². The summed E-state index contributed by atoms with van der Waals surface area (Å²) >= 11 is 6.05. The van der Waals surface area contributed by atoms with E-state index in [0.717, 1.165) is 9.87 Å². The van der Waals surface area contributed by atoms with E-state index in [9.17, 15) is 18.0 Å². The third-order valence-corrected chi connectivity index (χ3v) is 8.00. The largest absolute Gasteiger partial charge is 0.492 e. The van der Waals surface area contributed by atoms with E-state index < -0.39 is 34.1 Å². The lowest BCUT2D eigenvalue weighted by atomic mass is 10.1. The molecular weight excluding hydrogens is 550 g/mol. The fraction of sp³-hybridized carbons (Fsp3) is 0.333. The van der Waals surface area contributed by atoms with Crippen LogP contribution in [0.3, 0.4) is 0 Å². The Hall–Kier alpha value is -3.56. The van der Waals surface area contributed by atoms with Crippen molar-refractivity contribution in [3.8, 4) is 5.75 Å². The average molecular weight is 586 g/mol. The van der Waals surface area contributed by atoms with E-state index in [0.29, 0.717) is 17.4 Å². The summed E-state index contributed by atoms with van der Waals surface area (Å²) < 4.78 is 34.7. The molecule has 10 heteroatoms. The lowest BCUT2D eigenvalue weighted by Gasteiger charge is -2.33. The SMILES string of the molecule is CCOc1ccccc1N(CC(=O)N(Cc1ccc(Cl)cc1)[C@H](C)C(=O)NC(C)(C)C)S(=O)(=O)c1ccccc1. The van der Waals surface area contributed by atoms with Gasteiger partial charge in [0.25, 0.3) is 10.0 Å². The molecule has 2 amide bonds. The predicted molar refractivity (Wildman–Crippen MR) is 158 cm³/mol. The van der Waals surface area contributed by atoms with Crippen molar-refractivity contribution < 1.29 is 22.7 Å². The number of carbonyl (C=O) groups is 2. The molecule has 1 atom stereocenters. The number of sulfonamides is 1. The molecule has 0 fully saturated rings. The Bertz CT molecular complexity index is 1410. The van der Waals surface area contributed by atoms with Gasteiger partial charge in [-0.25, -0.2) is 8.42 Å². The van der Waals surface area contributed by atoms with Crippen LogP contribution in [-0.2, 0) is 26.2 Å². The van der Waals surface area contributed by atoms with Crippen molar-refractivity contribution in [2.24, 2.45) is 0 Å². The van der Waals surface area contributed by atoms with Crippen LogP contribution < -0.4 is 14.4 Å². The number of nitrogens with zero attached hydrogens (tertiary/aromatic N) is 2. The highest BCUT2D eigenvalue weighted by Gasteiger charge is 2.34. The summed E-state index contributed by atoms with van der Waals surface area (Å²) in [5.74, 6) is -0.598. The van der Waals surface area contributed by atoms with Gasteiger partial charge >= 0.3 is 0 Å². The smallest absolute Gasteiger partial charge is 0.264 e. The van der Waals surface area contributed by atoms with Crippen molar-refractivity contribution in [2.75, 3.05) is 17.5 Å². The predicted octanol–water partition coefficient (Wildman–Crippen LogP) is 5.27. The summed E-state index contributed by atoms with van der Waals surface area (Å²) in [6, 6.07) is 20.6. The van der Waals surface area contributed by atoms with E-state index in [2.05, 4.69) is 5.32 Å². The van der Waals surface area contributed by atoms with Gasteiger partial charge in [0.2, 0.25) is 11.8 Å². The third-order valence-electron chi connectivity index (χ3n) is 5.98. The van der Waals surface area contributed by atoms with Gasteiger partial charge < -0.3 is 15.0 Å². The molecule has 8 nitrogen and oxygen atoms in total. The average Bonchev–Trinajstić information content (AvgIpc) is 2.91. The quantitative estimate of drug-likeness (QED) is 0.331. The highest BCUT2D eigenvalue weighted by atomic mass is 35.5. The summed E-state index contributed by atoms with van der Waals surface area (Å²) in [6.07, 6.45) is 0. The van der Waals surface area contributed by atoms with Crippen LogP contribution in [0.1, 0.15) is 40.2 Å². The van der Waals surface area contributed by atoms with Crippen molar-refractivity contribution in [1.29, 1.82) is 0 Å². The summed E-state index contributed by atoms with van der Waals surface area (Å²) in [6.45, 7) is 8.78. The van der Waals surface area contributed by atoms with Gasteiger partial charge in [0.1, 0.15) is 18.3 Å². The van der Waals surface area contributed by atoms with Gasteiger partial charge in [-0.3, -0.25) is 13.9 Å². The van der Waals surface area contributed by atoms with Crippen LogP contribution in [-0.4, -0.2) is 49.9 Å². The summed E-state index contributed by atoms with van der Waals surface area (Å²) in [7, 11) is -4.19. The molecule has 0 aliphatic heterocycles. The molecule has 0 aromatic heterocycles. The second-order valence-corrected chi connectivity index (χ2v) is 12.6. The Morgan fingerprint density at radius 2 is 1.55 bits per heavy atom. The standard InChI is InChI=1S/C30H36ClN3O5S/c1-6-39-27-15-11-10-14-26(27)34(40(37,38)25-12-8-7-9-13-25)21-28(35)33(20-23-16-18-24(31)19-17-23)22(2)29(36)32-30(3,4)5/h7-19,22H,6,20-21H2,1-5H3,(H,32,36)/t22-/m1/s1. The highest BCUT2D eigenvalue weighted by Crippen LogP contribution is 2.33. The number of carbonyl (C=O) groups excluding carboxylic acids is 2. The fourth-order valence-corrected chi connectivity index (χ4v) is 5.59. The Labute approximate surface area is 241 Å².